The Labute approximate surface area is 170 Å². The van der Waals surface area contributed by atoms with Crippen LogP contribution in [0.1, 0.15) is 5.56 Å². The van der Waals surface area contributed by atoms with E-state index in [0.717, 1.165) is 17.7 Å². The second-order valence-electron chi connectivity index (χ2n) is 6.77. The Morgan fingerprint density at radius 2 is 1.23 bits per heavy atom. The highest BCUT2D eigenvalue weighted by Crippen LogP contribution is 2.35. The van der Waals surface area contributed by atoms with Gasteiger partial charge in [-0.1, -0.05) is 24.3 Å². The van der Waals surface area contributed by atoms with Crippen LogP contribution in [0, 0.1) is 0 Å². The minimum Gasteiger partial charge on any atom is -0.508 e. The zero-order chi connectivity index (χ0) is 21.3. The highest BCUT2D eigenvalue weighted by Gasteiger charge is 2.30. The Balaban J connectivity index is 1.87. The van der Waals surface area contributed by atoms with E-state index in [0.29, 0.717) is 28.1 Å². The number of pyridine rings is 1. The summed E-state index contributed by atoms with van der Waals surface area (Å²) in [5, 5.41) is 19.8. The summed E-state index contributed by atoms with van der Waals surface area (Å²) in [5.74, 6) is 0.157. The van der Waals surface area contributed by atoms with Crippen molar-refractivity contribution in [1.29, 1.82) is 0 Å². The number of para-hydroxylation sites is 1. The maximum absolute atomic E-state index is 12.9. The van der Waals surface area contributed by atoms with Gasteiger partial charge in [0, 0.05) is 11.1 Å². The van der Waals surface area contributed by atoms with Crippen LogP contribution in [0.15, 0.2) is 84.9 Å². The number of rotatable bonds is 3. The molecule has 0 amide bonds. The number of halogens is 3. The van der Waals surface area contributed by atoms with Crippen molar-refractivity contribution in [2.24, 2.45) is 0 Å². The minimum absolute atomic E-state index is 0.0474. The number of alkyl halides is 3. The Bertz CT molecular complexity index is 1180. The molecule has 4 rings (SSSR count). The average Bonchev–Trinajstić information content (AvgIpc) is 2.74. The molecule has 30 heavy (non-hydrogen) atoms. The molecule has 0 bridgehead atoms. The van der Waals surface area contributed by atoms with Gasteiger partial charge in [0.1, 0.15) is 11.5 Å². The van der Waals surface area contributed by atoms with Crippen molar-refractivity contribution < 1.29 is 23.4 Å². The number of phenols is 2. The normalized spacial score (nSPS) is 11.4. The Hall–Kier alpha value is -3.80. The van der Waals surface area contributed by atoms with Gasteiger partial charge in [-0.25, -0.2) is 4.98 Å². The highest BCUT2D eigenvalue weighted by atomic mass is 19.4. The molecule has 0 fully saturated rings. The van der Waals surface area contributed by atoms with Crippen molar-refractivity contribution in [2.45, 2.75) is 6.18 Å². The molecule has 2 N–H and O–H groups in total. The van der Waals surface area contributed by atoms with E-state index in [9.17, 15) is 23.4 Å². The topological polar surface area (TPSA) is 53.4 Å². The summed E-state index contributed by atoms with van der Waals surface area (Å²) in [6.07, 6.45) is -4.41. The number of hydrogen-bond acceptors (Lipinski definition) is 3. The van der Waals surface area contributed by atoms with Crippen molar-refractivity contribution in [1.82, 2.24) is 4.98 Å². The number of aromatic nitrogens is 1. The number of phenolic OH excluding ortho intramolecular Hbond substituents is 2. The Morgan fingerprint density at radius 3 is 1.87 bits per heavy atom. The number of hydrogen-bond donors (Lipinski definition) is 2. The molecule has 0 spiro atoms. The molecule has 0 aliphatic heterocycles. The Morgan fingerprint density at radius 1 is 0.633 bits per heavy atom. The largest absolute Gasteiger partial charge is 0.508 e. The summed E-state index contributed by atoms with van der Waals surface area (Å²) in [6, 6.07) is 21.6. The summed E-state index contributed by atoms with van der Waals surface area (Å²) in [5.41, 5.74) is 2.78. The SMILES string of the molecule is Oc1ccc(-c2cc(-c3ccc(C(F)(F)F)cc3)cc(-c3ccccc3O)n2)cc1. The maximum Gasteiger partial charge on any atom is 0.416 e. The van der Waals surface area contributed by atoms with Crippen LogP contribution in [0.4, 0.5) is 13.2 Å². The van der Waals surface area contributed by atoms with Crippen molar-refractivity contribution in [3.05, 3.63) is 90.5 Å². The quantitative estimate of drug-likeness (QED) is 0.407. The smallest absolute Gasteiger partial charge is 0.416 e. The summed E-state index contributed by atoms with van der Waals surface area (Å²) in [4.78, 5) is 4.63. The molecule has 0 aliphatic carbocycles. The third kappa shape index (κ3) is 3.98. The van der Waals surface area contributed by atoms with Gasteiger partial charge in [0.15, 0.2) is 0 Å². The van der Waals surface area contributed by atoms with E-state index >= 15 is 0 Å². The van der Waals surface area contributed by atoms with E-state index < -0.39 is 11.7 Å². The fourth-order valence-corrected chi connectivity index (χ4v) is 3.16. The summed E-state index contributed by atoms with van der Waals surface area (Å²) < 4.78 is 38.7. The van der Waals surface area contributed by atoms with Gasteiger partial charge in [0.2, 0.25) is 0 Å². The van der Waals surface area contributed by atoms with Gasteiger partial charge in [0.25, 0.3) is 0 Å². The molecule has 150 valence electrons. The van der Waals surface area contributed by atoms with Crippen molar-refractivity contribution >= 4 is 0 Å². The van der Waals surface area contributed by atoms with Crippen LogP contribution in [-0.4, -0.2) is 15.2 Å². The first kappa shape index (κ1) is 19.5. The fourth-order valence-electron chi connectivity index (χ4n) is 3.16. The lowest BCUT2D eigenvalue weighted by Gasteiger charge is -2.12. The molecule has 0 radical (unpaired) electrons. The van der Waals surface area contributed by atoms with Crippen LogP contribution in [0.25, 0.3) is 33.6 Å². The zero-order valence-electron chi connectivity index (χ0n) is 15.6. The molecule has 0 saturated carbocycles. The van der Waals surface area contributed by atoms with Gasteiger partial charge in [-0.2, -0.15) is 13.2 Å². The van der Waals surface area contributed by atoms with Gasteiger partial charge in [-0.3, -0.25) is 0 Å². The highest BCUT2D eigenvalue weighted by molar-refractivity contribution is 5.78. The predicted octanol–water partition coefficient (Wildman–Crippen LogP) is 6.51. The molecule has 6 heteroatoms. The van der Waals surface area contributed by atoms with E-state index in [2.05, 4.69) is 4.98 Å². The summed E-state index contributed by atoms with van der Waals surface area (Å²) in [6.45, 7) is 0. The molecular formula is C24H16F3NO2. The second kappa shape index (κ2) is 7.55. The number of aromatic hydroxyl groups is 2. The molecule has 3 nitrogen and oxygen atoms in total. The van der Waals surface area contributed by atoms with Crippen LogP contribution in [-0.2, 0) is 6.18 Å². The van der Waals surface area contributed by atoms with Gasteiger partial charge in [-0.05, 0) is 71.8 Å². The lowest BCUT2D eigenvalue weighted by atomic mass is 9.99. The van der Waals surface area contributed by atoms with E-state index in [1.165, 1.54) is 24.3 Å². The number of benzene rings is 3. The van der Waals surface area contributed by atoms with Gasteiger partial charge >= 0.3 is 6.18 Å². The summed E-state index contributed by atoms with van der Waals surface area (Å²) in [7, 11) is 0. The molecule has 1 heterocycles. The first-order valence-electron chi connectivity index (χ1n) is 9.09. The molecule has 0 unspecified atom stereocenters. The van der Waals surface area contributed by atoms with Crippen LogP contribution in [0.3, 0.4) is 0 Å². The molecule has 0 atom stereocenters. The molecule has 1 aromatic heterocycles. The first-order chi connectivity index (χ1) is 14.3. The lowest BCUT2D eigenvalue weighted by molar-refractivity contribution is -0.137. The predicted molar refractivity (Wildman–Crippen MR) is 109 cm³/mol. The fraction of sp³-hybridized carbons (Fsp3) is 0.0417. The van der Waals surface area contributed by atoms with Gasteiger partial charge in [0.05, 0.1) is 17.0 Å². The van der Waals surface area contributed by atoms with Crippen molar-refractivity contribution in [3.8, 4) is 45.1 Å². The standard InChI is InChI=1S/C24H16F3NO2/c25-24(26,27)18-9-5-15(6-10-18)17-13-21(16-7-11-19(29)12-8-16)28-22(14-17)20-3-1-2-4-23(20)30/h1-14,29-30H. The molecule has 0 saturated heterocycles. The van der Waals surface area contributed by atoms with E-state index in [1.807, 2.05) is 0 Å². The first-order valence-corrected chi connectivity index (χ1v) is 9.09. The summed E-state index contributed by atoms with van der Waals surface area (Å²) >= 11 is 0. The third-order valence-electron chi connectivity index (χ3n) is 4.71. The lowest BCUT2D eigenvalue weighted by Crippen LogP contribution is -2.04. The van der Waals surface area contributed by atoms with E-state index in [1.54, 1.807) is 48.5 Å². The van der Waals surface area contributed by atoms with Crippen molar-refractivity contribution in [2.75, 3.05) is 0 Å². The van der Waals surface area contributed by atoms with Crippen molar-refractivity contribution in [3.63, 3.8) is 0 Å². The molecular weight excluding hydrogens is 391 g/mol. The minimum atomic E-state index is -4.41. The van der Waals surface area contributed by atoms with Crippen LogP contribution in [0.2, 0.25) is 0 Å². The molecule has 0 aliphatic rings. The Kier molecular flexibility index (Phi) is 4.91. The monoisotopic (exact) mass is 407 g/mol. The van der Waals surface area contributed by atoms with Crippen LogP contribution >= 0.6 is 0 Å². The van der Waals surface area contributed by atoms with Gasteiger partial charge in [-0.15, -0.1) is 0 Å². The number of nitrogens with zero attached hydrogens (tertiary/aromatic N) is 1. The molecule has 3 aromatic carbocycles. The molecule has 4 aromatic rings. The maximum atomic E-state index is 12.9. The second-order valence-corrected chi connectivity index (χ2v) is 6.77. The van der Waals surface area contributed by atoms with Crippen LogP contribution < -0.4 is 0 Å². The van der Waals surface area contributed by atoms with E-state index in [-0.39, 0.29) is 11.5 Å². The average molecular weight is 407 g/mol. The van der Waals surface area contributed by atoms with Crippen LogP contribution in [0.5, 0.6) is 11.5 Å². The zero-order valence-corrected chi connectivity index (χ0v) is 15.6. The third-order valence-corrected chi connectivity index (χ3v) is 4.71. The van der Waals surface area contributed by atoms with Gasteiger partial charge < -0.3 is 10.2 Å². The van der Waals surface area contributed by atoms with E-state index in [4.69, 9.17) is 0 Å².